The van der Waals surface area contributed by atoms with Crippen LogP contribution in [0.3, 0.4) is 0 Å². The van der Waals surface area contributed by atoms with Crippen molar-refractivity contribution in [1.82, 2.24) is 15.1 Å². The van der Waals surface area contributed by atoms with E-state index < -0.39 is 5.54 Å². The SMILES string of the molecule is O=C1CN(CCN2CCSCC2)C(=O)C2(CCCCC2)N1. The minimum atomic E-state index is -0.578. The van der Waals surface area contributed by atoms with Crippen molar-refractivity contribution in [3.63, 3.8) is 0 Å². The van der Waals surface area contributed by atoms with Gasteiger partial charge in [-0.15, -0.1) is 0 Å². The molecule has 21 heavy (non-hydrogen) atoms. The number of thioether (sulfide) groups is 1. The third-order valence-electron chi connectivity index (χ3n) is 4.91. The number of hydrogen-bond acceptors (Lipinski definition) is 4. The summed E-state index contributed by atoms with van der Waals surface area (Å²) in [6, 6.07) is 0. The molecule has 0 aromatic carbocycles. The van der Waals surface area contributed by atoms with Crippen molar-refractivity contribution in [1.29, 1.82) is 0 Å². The second kappa shape index (κ2) is 6.57. The first-order valence-electron chi connectivity index (χ1n) is 8.10. The highest BCUT2D eigenvalue weighted by molar-refractivity contribution is 7.99. The van der Waals surface area contributed by atoms with Crippen LogP contribution in [0.1, 0.15) is 32.1 Å². The van der Waals surface area contributed by atoms with Crippen molar-refractivity contribution < 1.29 is 9.59 Å². The highest BCUT2D eigenvalue weighted by Crippen LogP contribution is 2.31. The molecule has 3 aliphatic rings. The second-order valence-electron chi connectivity index (χ2n) is 6.37. The Morgan fingerprint density at radius 3 is 2.48 bits per heavy atom. The highest BCUT2D eigenvalue weighted by atomic mass is 32.2. The van der Waals surface area contributed by atoms with Crippen LogP contribution in [-0.4, -0.2) is 71.4 Å². The second-order valence-corrected chi connectivity index (χ2v) is 7.60. The lowest BCUT2D eigenvalue weighted by Crippen LogP contribution is -2.67. The largest absolute Gasteiger partial charge is 0.340 e. The van der Waals surface area contributed by atoms with Gasteiger partial charge in [-0.3, -0.25) is 14.5 Å². The molecule has 6 heteroatoms. The third-order valence-corrected chi connectivity index (χ3v) is 5.85. The van der Waals surface area contributed by atoms with E-state index in [0.29, 0.717) is 6.54 Å². The van der Waals surface area contributed by atoms with Crippen molar-refractivity contribution in [3.8, 4) is 0 Å². The maximum atomic E-state index is 12.8. The van der Waals surface area contributed by atoms with Crippen LogP contribution in [-0.2, 0) is 9.59 Å². The van der Waals surface area contributed by atoms with E-state index in [0.717, 1.165) is 45.3 Å². The number of piperazine rings is 1. The average molecular weight is 311 g/mol. The summed E-state index contributed by atoms with van der Waals surface area (Å²) in [5, 5.41) is 3.00. The topological polar surface area (TPSA) is 52.7 Å². The molecule has 1 aliphatic carbocycles. The Kier molecular flexibility index (Phi) is 4.74. The fraction of sp³-hybridized carbons (Fsp3) is 0.867. The van der Waals surface area contributed by atoms with Gasteiger partial charge in [0, 0.05) is 37.7 Å². The van der Waals surface area contributed by atoms with Crippen molar-refractivity contribution in [2.75, 3.05) is 44.2 Å². The van der Waals surface area contributed by atoms with E-state index in [2.05, 4.69) is 10.2 Å². The number of hydrogen-bond donors (Lipinski definition) is 1. The molecule has 2 heterocycles. The van der Waals surface area contributed by atoms with Gasteiger partial charge in [-0.2, -0.15) is 11.8 Å². The van der Waals surface area contributed by atoms with Gasteiger partial charge in [0.1, 0.15) is 5.54 Å². The van der Waals surface area contributed by atoms with E-state index in [9.17, 15) is 9.59 Å². The summed E-state index contributed by atoms with van der Waals surface area (Å²) >= 11 is 1.99. The number of carbonyl (C=O) groups is 2. The molecule has 5 nitrogen and oxygen atoms in total. The molecule has 0 aromatic rings. The van der Waals surface area contributed by atoms with E-state index in [1.54, 1.807) is 4.90 Å². The zero-order valence-corrected chi connectivity index (χ0v) is 13.4. The van der Waals surface area contributed by atoms with Gasteiger partial charge in [-0.25, -0.2) is 0 Å². The first-order valence-corrected chi connectivity index (χ1v) is 9.26. The molecular weight excluding hydrogens is 286 g/mol. The summed E-state index contributed by atoms with van der Waals surface area (Å²) in [6.07, 6.45) is 4.89. The van der Waals surface area contributed by atoms with Crippen LogP contribution >= 0.6 is 11.8 Å². The molecule has 0 radical (unpaired) electrons. The Labute approximate surface area is 130 Å². The van der Waals surface area contributed by atoms with E-state index in [-0.39, 0.29) is 18.4 Å². The van der Waals surface area contributed by atoms with E-state index in [1.165, 1.54) is 17.9 Å². The molecule has 0 aromatic heterocycles. The maximum Gasteiger partial charge on any atom is 0.248 e. The van der Waals surface area contributed by atoms with Gasteiger partial charge < -0.3 is 10.2 Å². The lowest BCUT2D eigenvalue weighted by molar-refractivity contribution is -0.151. The predicted octanol–water partition coefficient (Wildman–Crippen LogP) is 0.697. The fourth-order valence-corrected chi connectivity index (χ4v) is 4.65. The molecule has 118 valence electrons. The molecule has 0 atom stereocenters. The quantitative estimate of drug-likeness (QED) is 0.833. The number of rotatable bonds is 3. The first-order chi connectivity index (χ1) is 10.2. The number of amides is 2. The lowest BCUT2D eigenvalue weighted by atomic mass is 9.79. The van der Waals surface area contributed by atoms with Crippen molar-refractivity contribution in [2.45, 2.75) is 37.6 Å². The zero-order valence-electron chi connectivity index (χ0n) is 12.6. The molecule has 3 fully saturated rings. The lowest BCUT2D eigenvalue weighted by Gasteiger charge is -2.44. The van der Waals surface area contributed by atoms with E-state index in [1.807, 2.05) is 11.8 Å². The van der Waals surface area contributed by atoms with Gasteiger partial charge in [0.15, 0.2) is 0 Å². The van der Waals surface area contributed by atoms with Crippen molar-refractivity contribution in [2.24, 2.45) is 0 Å². The van der Waals surface area contributed by atoms with Crippen LogP contribution in [0.15, 0.2) is 0 Å². The molecule has 1 N–H and O–H groups in total. The molecule has 0 unspecified atom stereocenters. The van der Waals surface area contributed by atoms with Crippen molar-refractivity contribution >= 4 is 23.6 Å². The minimum absolute atomic E-state index is 0.0192. The molecule has 2 amide bonds. The smallest absolute Gasteiger partial charge is 0.248 e. The number of nitrogens with one attached hydrogen (secondary N) is 1. The summed E-state index contributed by atoms with van der Waals surface area (Å²) < 4.78 is 0. The van der Waals surface area contributed by atoms with Crippen LogP contribution in [0.5, 0.6) is 0 Å². The van der Waals surface area contributed by atoms with Crippen molar-refractivity contribution in [3.05, 3.63) is 0 Å². The average Bonchev–Trinajstić information content (AvgIpc) is 2.51. The van der Waals surface area contributed by atoms with Crippen LogP contribution < -0.4 is 5.32 Å². The van der Waals surface area contributed by atoms with Gasteiger partial charge in [0.05, 0.1) is 6.54 Å². The number of nitrogens with zero attached hydrogens (tertiary/aromatic N) is 2. The summed E-state index contributed by atoms with van der Waals surface area (Å²) in [5.41, 5.74) is -0.578. The predicted molar refractivity (Wildman–Crippen MR) is 84.3 cm³/mol. The summed E-state index contributed by atoms with van der Waals surface area (Å²) in [5.74, 6) is 2.54. The molecule has 1 saturated carbocycles. The van der Waals surface area contributed by atoms with Gasteiger partial charge in [0.25, 0.3) is 0 Å². The van der Waals surface area contributed by atoms with Crippen LogP contribution in [0.25, 0.3) is 0 Å². The summed E-state index contributed by atoms with van der Waals surface area (Å²) in [7, 11) is 0. The molecule has 3 rings (SSSR count). The molecule has 0 bridgehead atoms. The normalized spacial score (nSPS) is 27.0. The van der Waals surface area contributed by atoms with Crippen LogP contribution in [0.2, 0.25) is 0 Å². The third kappa shape index (κ3) is 3.37. The van der Waals surface area contributed by atoms with Gasteiger partial charge in [-0.1, -0.05) is 19.3 Å². The Hall–Kier alpha value is -0.750. The summed E-state index contributed by atoms with van der Waals surface area (Å²) in [4.78, 5) is 29.0. The monoisotopic (exact) mass is 311 g/mol. The fourth-order valence-electron chi connectivity index (χ4n) is 3.67. The van der Waals surface area contributed by atoms with Crippen LogP contribution in [0, 0.1) is 0 Å². The Morgan fingerprint density at radius 1 is 1.05 bits per heavy atom. The zero-order chi connectivity index (χ0) is 14.7. The summed E-state index contributed by atoms with van der Waals surface area (Å²) in [6.45, 7) is 4.03. The Morgan fingerprint density at radius 2 is 1.76 bits per heavy atom. The highest BCUT2D eigenvalue weighted by Gasteiger charge is 2.46. The van der Waals surface area contributed by atoms with Gasteiger partial charge in [-0.05, 0) is 12.8 Å². The minimum Gasteiger partial charge on any atom is -0.340 e. The van der Waals surface area contributed by atoms with E-state index in [4.69, 9.17) is 0 Å². The van der Waals surface area contributed by atoms with Crippen LogP contribution in [0.4, 0.5) is 0 Å². The first kappa shape index (κ1) is 15.2. The Bertz CT molecular complexity index is 404. The van der Waals surface area contributed by atoms with Gasteiger partial charge in [0.2, 0.25) is 11.8 Å². The van der Waals surface area contributed by atoms with E-state index >= 15 is 0 Å². The molecule has 1 spiro atoms. The molecular formula is C15H25N3O2S. The number of carbonyl (C=O) groups excluding carboxylic acids is 2. The van der Waals surface area contributed by atoms with Gasteiger partial charge >= 0.3 is 0 Å². The molecule has 2 saturated heterocycles. The Balaban J connectivity index is 1.61. The maximum absolute atomic E-state index is 12.8. The standard InChI is InChI=1S/C15H25N3O2S/c19-13-12-18(7-6-17-8-10-21-11-9-17)14(20)15(16-13)4-2-1-3-5-15/h1-12H2,(H,16,19). The molecule has 2 aliphatic heterocycles.